The Morgan fingerprint density at radius 3 is 2.35 bits per heavy atom. The van der Waals surface area contributed by atoms with Gasteiger partial charge >= 0.3 is 5.97 Å². The molecule has 2 aromatic rings. The van der Waals surface area contributed by atoms with Gasteiger partial charge in [-0.05, 0) is 69.1 Å². The van der Waals surface area contributed by atoms with Crippen LogP contribution in [0.25, 0.3) is 11.1 Å². The van der Waals surface area contributed by atoms with Gasteiger partial charge in [-0.3, -0.25) is 38.5 Å². The summed E-state index contributed by atoms with van der Waals surface area (Å²) < 4.78 is 4.84. The number of fused-ring (bicyclic) bond motifs is 3. The molecule has 3 aliphatic carbocycles. The third-order valence-corrected chi connectivity index (χ3v) is 9.65. The molecule has 2 saturated carbocycles. The second-order valence-corrected chi connectivity index (χ2v) is 12.9. The Kier molecular flexibility index (Phi) is 9.01. The van der Waals surface area contributed by atoms with Gasteiger partial charge in [0.2, 0.25) is 5.91 Å². The van der Waals surface area contributed by atoms with Crippen molar-refractivity contribution in [1.82, 2.24) is 10.2 Å². The predicted octanol–water partition coefficient (Wildman–Crippen LogP) is -0.107. The Bertz CT molecular complexity index is 1770. The number of phenols is 1. The molecule has 0 bridgehead atoms. The van der Waals surface area contributed by atoms with Gasteiger partial charge in [-0.1, -0.05) is 12.1 Å². The number of esters is 1. The minimum absolute atomic E-state index is 0.0672. The zero-order valence-corrected chi connectivity index (χ0v) is 27.2. The van der Waals surface area contributed by atoms with Crippen LogP contribution in [0, 0.1) is 23.7 Å². The highest BCUT2D eigenvalue weighted by Gasteiger charge is 2.69. The normalized spacial score (nSPS) is 26.4. The van der Waals surface area contributed by atoms with E-state index in [1.54, 1.807) is 44.1 Å². The molecule has 0 spiro atoms. The highest BCUT2D eigenvalue weighted by molar-refractivity contribution is 6.32. The van der Waals surface area contributed by atoms with Crippen LogP contribution in [-0.2, 0) is 35.1 Å². The van der Waals surface area contributed by atoms with E-state index in [1.807, 2.05) is 0 Å². The number of anilines is 1. The van der Waals surface area contributed by atoms with E-state index in [-0.39, 0.29) is 42.7 Å². The summed E-state index contributed by atoms with van der Waals surface area (Å²) in [4.78, 5) is 95.4. The maximum absolute atomic E-state index is 14.3. The number of rotatable bonds is 8. The van der Waals surface area contributed by atoms with Crippen LogP contribution in [0.4, 0.5) is 5.69 Å². The van der Waals surface area contributed by atoms with Crippen LogP contribution in [-0.4, -0.2) is 109 Å². The van der Waals surface area contributed by atoms with Gasteiger partial charge in [0.1, 0.15) is 12.3 Å². The van der Waals surface area contributed by atoms with E-state index < -0.39 is 82.0 Å². The number of hydrogen-bond acceptors (Lipinski definition) is 12. The molecular formula is C34H38N4O10. The van der Waals surface area contributed by atoms with Crippen molar-refractivity contribution in [2.75, 3.05) is 46.2 Å². The highest BCUT2D eigenvalue weighted by Crippen LogP contribution is 2.53. The lowest BCUT2D eigenvalue weighted by atomic mass is 9.52. The molecule has 0 heterocycles. The van der Waals surface area contributed by atoms with Crippen LogP contribution in [0.3, 0.4) is 0 Å². The van der Waals surface area contributed by atoms with Gasteiger partial charge in [-0.15, -0.1) is 0 Å². The number of aromatic hydroxyl groups is 1. The van der Waals surface area contributed by atoms with Gasteiger partial charge in [0.25, 0.3) is 5.91 Å². The number of primary amides is 1. The van der Waals surface area contributed by atoms with E-state index in [4.69, 9.17) is 10.5 Å². The summed E-state index contributed by atoms with van der Waals surface area (Å²) in [6.07, 6.45) is 0.0335. The maximum Gasteiger partial charge on any atom is 0.325 e. The van der Waals surface area contributed by atoms with Crippen molar-refractivity contribution in [3.63, 3.8) is 0 Å². The van der Waals surface area contributed by atoms with Gasteiger partial charge in [0.15, 0.2) is 34.7 Å². The van der Waals surface area contributed by atoms with Gasteiger partial charge < -0.3 is 30.9 Å². The lowest BCUT2D eigenvalue weighted by molar-refractivity contribution is -0.181. The number of nitrogens with two attached hydrogens (primary N) is 1. The van der Waals surface area contributed by atoms with Crippen LogP contribution in [0.15, 0.2) is 30.3 Å². The number of hydrogen-bond donors (Lipinski definition) is 4. The number of amides is 2. The summed E-state index contributed by atoms with van der Waals surface area (Å²) in [5.41, 5.74) is 4.07. The van der Waals surface area contributed by atoms with E-state index in [2.05, 4.69) is 5.32 Å². The van der Waals surface area contributed by atoms with Crippen molar-refractivity contribution in [1.29, 1.82) is 0 Å². The van der Waals surface area contributed by atoms with Crippen molar-refractivity contribution < 1.29 is 48.5 Å². The number of phenolic OH excluding ortho intramolecular Hbond substituents is 1. The summed E-state index contributed by atoms with van der Waals surface area (Å²) >= 11 is 0. The monoisotopic (exact) mass is 662 g/mol. The molecule has 2 aromatic carbocycles. The molecule has 2 unspecified atom stereocenters. The van der Waals surface area contributed by atoms with Gasteiger partial charge in [0.05, 0.1) is 24.1 Å². The predicted molar refractivity (Wildman–Crippen MR) is 170 cm³/mol. The Morgan fingerprint density at radius 1 is 1.06 bits per heavy atom. The Balaban J connectivity index is 1.59. The quantitative estimate of drug-likeness (QED) is 0.215. The lowest BCUT2D eigenvalue weighted by Gasteiger charge is -2.52. The molecule has 3 aliphatic rings. The summed E-state index contributed by atoms with van der Waals surface area (Å²) in [6, 6.07) is 6.62. The zero-order chi connectivity index (χ0) is 35.4. The molecule has 2 fully saturated rings. The van der Waals surface area contributed by atoms with Crippen LogP contribution >= 0.6 is 0 Å². The fourth-order valence-electron chi connectivity index (χ4n) is 7.57. The number of nitrogens with one attached hydrogen (secondary N) is 1. The summed E-state index contributed by atoms with van der Waals surface area (Å²) in [7, 11) is 6.53. The number of carbonyl (C=O) groups is 7. The number of ketones is 4. The van der Waals surface area contributed by atoms with E-state index in [0.717, 1.165) is 0 Å². The van der Waals surface area contributed by atoms with E-state index in [0.29, 0.717) is 16.8 Å². The SMILES string of the molecule is CCOC(=O)CNC(=O)c1cccc(-c2cc(N(C)C)c3c(c2O)C(=O)C2C(=O)[C@@]4(O)C(=O)C(C(N)=O)C(=O)[C@H](N(C)C)[C@H]4C[C@H]2C3)c1. The summed E-state index contributed by atoms with van der Waals surface area (Å²) in [5, 5.41) is 26.0. The van der Waals surface area contributed by atoms with Crippen molar-refractivity contribution in [3.8, 4) is 16.9 Å². The molecule has 2 amide bonds. The Labute approximate surface area is 276 Å². The average Bonchev–Trinajstić information content (AvgIpc) is 3.01. The van der Waals surface area contributed by atoms with Crippen LogP contribution in [0.2, 0.25) is 0 Å². The zero-order valence-electron chi connectivity index (χ0n) is 27.2. The van der Waals surface area contributed by atoms with Crippen molar-refractivity contribution >= 4 is 46.6 Å². The van der Waals surface area contributed by atoms with E-state index in [9.17, 15) is 43.8 Å². The molecule has 5 N–H and O–H groups in total. The van der Waals surface area contributed by atoms with Crippen molar-refractivity contribution in [3.05, 3.63) is 47.0 Å². The number of ether oxygens (including phenoxy) is 1. The number of carbonyl (C=O) groups excluding carboxylic acids is 7. The molecule has 5 rings (SSSR count). The smallest absolute Gasteiger partial charge is 0.325 e. The first-order valence-electron chi connectivity index (χ1n) is 15.5. The largest absolute Gasteiger partial charge is 0.507 e. The summed E-state index contributed by atoms with van der Waals surface area (Å²) in [5.74, 6) is -12.6. The molecular weight excluding hydrogens is 624 g/mol. The molecule has 0 aliphatic heterocycles. The number of nitrogens with zero attached hydrogens (tertiary/aromatic N) is 2. The molecule has 6 atom stereocenters. The second kappa shape index (κ2) is 12.6. The maximum atomic E-state index is 14.3. The van der Waals surface area contributed by atoms with Crippen molar-refractivity contribution in [2.24, 2.45) is 29.4 Å². The van der Waals surface area contributed by atoms with E-state index >= 15 is 0 Å². The molecule has 254 valence electrons. The molecule has 48 heavy (non-hydrogen) atoms. The standard InChI is InChI=1S/C34H38N4O10/c1-6-48-22(39)14-36-33(46)16-9-7-8-15(10-16)18-13-21(37(2)3)19-11-17-12-20-26(38(4)5)29(42)25(32(35)45)31(44)34(20,47)30(43)23(17)28(41)24(19)27(18)40/h7-10,13,17,20,23,25-26,40,47H,6,11-12,14H2,1-5H3,(H2,35,45)(H,36,46)/t17-,20-,23?,25?,26-,34-/m1/s1. The highest BCUT2D eigenvalue weighted by atomic mass is 16.5. The van der Waals surface area contributed by atoms with Crippen LogP contribution in [0.5, 0.6) is 5.75 Å². The summed E-state index contributed by atoms with van der Waals surface area (Å²) in [6.45, 7) is 1.44. The Hall–Kier alpha value is -4.95. The first-order valence-corrected chi connectivity index (χ1v) is 15.5. The minimum atomic E-state index is -2.83. The molecule has 14 nitrogen and oxygen atoms in total. The Morgan fingerprint density at radius 2 is 1.75 bits per heavy atom. The van der Waals surface area contributed by atoms with Crippen LogP contribution in [0.1, 0.15) is 39.6 Å². The molecule has 0 aromatic heterocycles. The van der Waals surface area contributed by atoms with Gasteiger partial charge in [-0.2, -0.15) is 0 Å². The van der Waals surface area contributed by atoms with Crippen LogP contribution < -0.4 is 16.0 Å². The van der Waals surface area contributed by atoms with Gasteiger partial charge in [-0.25, -0.2) is 0 Å². The van der Waals surface area contributed by atoms with Gasteiger partial charge in [0, 0.05) is 36.8 Å². The number of aliphatic hydroxyl groups is 1. The molecule has 14 heteroatoms. The average molecular weight is 663 g/mol. The molecule has 0 saturated heterocycles. The third-order valence-electron chi connectivity index (χ3n) is 9.65. The fourth-order valence-corrected chi connectivity index (χ4v) is 7.57. The fraction of sp³-hybridized carbons (Fsp3) is 0.441. The first kappa shape index (κ1) is 34.4. The number of likely N-dealkylation sites (N-methyl/N-ethyl adjacent to an activating group) is 1. The molecule has 0 radical (unpaired) electrons. The van der Waals surface area contributed by atoms with E-state index in [1.165, 1.54) is 31.1 Å². The number of benzene rings is 2. The topological polar surface area (TPSA) is 214 Å². The van der Waals surface area contributed by atoms with Crippen molar-refractivity contribution in [2.45, 2.75) is 31.4 Å². The third kappa shape index (κ3) is 5.34. The lowest BCUT2D eigenvalue weighted by Crippen LogP contribution is -2.74. The first-order chi connectivity index (χ1) is 22.6. The second-order valence-electron chi connectivity index (χ2n) is 12.9. The minimum Gasteiger partial charge on any atom is -0.507 e. The number of Topliss-reactive ketones (excluding diaryl/α,β-unsaturated/α-hetero) is 4.